The molecule has 1 atom stereocenters. The SMILES string of the molecule is CC(C)C[C@@H](Nc1nnc(-c2ccccc2)s1)C(=O)O. The highest BCUT2D eigenvalue weighted by molar-refractivity contribution is 7.18. The van der Waals surface area contributed by atoms with Crippen molar-refractivity contribution < 1.29 is 9.90 Å². The van der Waals surface area contributed by atoms with Crippen LogP contribution >= 0.6 is 11.3 Å². The van der Waals surface area contributed by atoms with E-state index in [9.17, 15) is 9.90 Å². The van der Waals surface area contributed by atoms with Crippen LogP contribution in [-0.2, 0) is 4.79 Å². The molecule has 0 aliphatic heterocycles. The number of nitrogens with one attached hydrogen (secondary N) is 1. The number of anilines is 1. The van der Waals surface area contributed by atoms with Crippen LogP contribution in [0.3, 0.4) is 0 Å². The molecule has 2 rings (SSSR count). The van der Waals surface area contributed by atoms with Crippen LogP contribution in [0.15, 0.2) is 30.3 Å². The molecule has 2 aromatic rings. The van der Waals surface area contributed by atoms with E-state index in [1.165, 1.54) is 11.3 Å². The van der Waals surface area contributed by atoms with Crippen LogP contribution in [0, 0.1) is 5.92 Å². The molecule has 6 heteroatoms. The number of rotatable bonds is 6. The minimum Gasteiger partial charge on any atom is -0.480 e. The van der Waals surface area contributed by atoms with E-state index < -0.39 is 12.0 Å². The molecule has 0 saturated heterocycles. The van der Waals surface area contributed by atoms with Crippen molar-refractivity contribution in [3.05, 3.63) is 30.3 Å². The Balaban J connectivity index is 2.10. The van der Waals surface area contributed by atoms with E-state index in [4.69, 9.17) is 0 Å². The van der Waals surface area contributed by atoms with E-state index in [1.807, 2.05) is 44.2 Å². The van der Waals surface area contributed by atoms with Gasteiger partial charge in [-0.2, -0.15) is 0 Å². The second-order valence-corrected chi connectivity index (χ2v) is 5.92. The Hall–Kier alpha value is -1.95. The monoisotopic (exact) mass is 291 g/mol. The highest BCUT2D eigenvalue weighted by Crippen LogP contribution is 2.26. The normalized spacial score (nSPS) is 12.3. The largest absolute Gasteiger partial charge is 0.480 e. The van der Waals surface area contributed by atoms with Gasteiger partial charge in [-0.1, -0.05) is 55.5 Å². The van der Waals surface area contributed by atoms with Gasteiger partial charge in [-0.15, -0.1) is 10.2 Å². The third-order valence-corrected chi connectivity index (χ3v) is 3.65. The summed E-state index contributed by atoms with van der Waals surface area (Å²) in [5.41, 5.74) is 0.980. The molecule has 1 aromatic carbocycles. The number of aliphatic carboxylic acids is 1. The fourth-order valence-corrected chi connectivity index (χ4v) is 2.62. The van der Waals surface area contributed by atoms with E-state index in [0.29, 0.717) is 17.5 Å². The summed E-state index contributed by atoms with van der Waals surface area (Å²) in [6, 6.07) is 9.07. The zero-order valence-corrected chi connectivity index (χ0v) is 12.2. The van der Waals surface area contributed by atoms with Gasteiger partial charge in [-0.3, -0.25) is 0 Å². The molecule has 0 saturated carbocycles. The van der Waals surface area contributed by atoms with Gasteiger partial charge in [-0.05, 0) is 12.3 Å². The molecular weight excluding hydrogens is 274 g/mol. The first-order chi connectivity index (χ1) is 9.56. The van der Waals surface area contributed by atoms with E-state index in [1.54, 1.807) is 0 Å². The van der Waals surface area contributed by atoms with Crippen molar-refractivity contribution in [2.75, 3.05) is 5.32 Å². The maximum absolute atomic E-state index is 11.2. The van der Waals surface area contributed by atoms with E-state index >= 15 is 0 Å². The number of benzene rings is 1. The molecule has 0 radical (unpaired) electrons. The number of carboxylic acid groups (broad SMARTS) is 1. The lowest BCUT2D eigenvalue weighted by Gasteiger charge is -2.14. The summed E-state index contributed by atoms with van der Waals surface area (Å²) in [4.78, 5) is 11.2. The molecule has 0 spiro atoms. The summed E-state index contributed by atoms with van der Waals surface area (Å²) >= 11 is 1.36. The first kappa shape index (κ1) is 14.5. The molecule has 0 aliphatic rings. The van der Waals surface area contributed by atoms with Crippen LogP contribution < -0.4 is 5.32 Å². The topological polar surface area (TPSA) is 75.1 Å². The lowest BCUT2D eigenvalue weighted by molar-refractivity contribution is -0.138. The Labute approximate surface area is 121 Å². The zero-order valence-electron chi connectivity index (χ0n) is 11.4. The van der Waals surface area contributed by atoms with Crippen LogP contribution in [0.1, 0.15) is 20.3 Å². The fourth-order valence-electron chi connectivity index (χ4n) is 1.82. The summed E-state index contributed by atoms with van der Waals surface area (Å²) in [7, 11) is 0. The van der Waals surface area contributed by atoms with Crippen molar-refractivity contribution in [1.29, 1.82) is 0 Å². The van der Waals surface area contributed by atoms with Crippen molar-refractivity contribution >= 4 is 22.4 Å². The van der Waals surface area contributed by atoms with E-state index in [0.717, 1.165) is 10.6 Å². The first-order valence-corrected chi connectivity index (χ1v) is 7.26. The number of carboxylic acids is 1. The highest BCUT2D eigenvalue weighted by atomic mass is 32.1. The number of nitrogens with zero attached hydrogens (tertiary/aromatic N) is 2. The van der Waals surface area contributed by atoms with Crippen molar-refractivity contribution in [1.82, 2.24) is 10.2 Å². The second-order valence-electron chi connectivity index (χ2n) is 4.94. The maximum atomic E-state index is 11.2. The van der Waals surface area contributed by atoms with E-state index in [2.05, 4.69) is 15.5 Å². The Morgan fingerprint density at radius 1 is 1.30 bits per heavy atom. The zero-order chi connectivity index (χ0) is 14.5. The molecule has 0 amide bonds. The van der Waals surface area contributed by atoms with Gasteiger partial charge < -0.3 is 10.4 Å². The highest BCUT2D eigenvalue weighted by Gasteiger charge is 2.20. The number of aromatic nitrogens is 2. The number of hydrogen-bond acceptors (Lipinski definition) is 5. The van der Waals surface area contributed by atoms with Crippen molar-refractivity contribution in [3.8, 4) is 10.6 Å². The second kappa shape index (κ2) is 6.47. The summed E-state index contributed by atoms with van der Waals surface area (Å²) in [6.45, 7) is 3.99. The maximum Gasteiger partial charge on any atom is 0.326 e. The standard InChI is InChI=1S/C14H17N3O2S/c1-9(2)8-11(13(18)19)15-14-17-16-12(20-14)10-6-4-3-5-7-10/h3-7,9,11H,8H2,1-2H3,(H,15,17)(H,18,19)/t11-/m1/s1. The van der Waals surface area contributed by atoms with Crippen molar-refractivity contribution in [2.45, 2.75) is 26.3 Å². The van der Waals surface area contributed by atoms with Gasteiger partial charge in [-0.25, -0.2) is 4.79 Å². The summed E-state index contributed by atoms with van der Waals surface area (Å²) < 4.78 is 0. The van der Waals surface area contributed by atoms with Gasteiger partial charge in [0.2, 0.25) is 5.13 Å². The minimum absolute atomic E-state index is 0.296. The van der Waals surface area contributed by atoms with Crippen LogP contribution in [0.2, 0.25) is 0 Å². The van der Waals surface area contributed by atoms with Crippen LogP contribution in [0.25, 0.3) is 10.6 Å². The van der Waals surface area contributed by atoms with Gasteiger partial charge in [0.25, 0.3) is 0 Å². The Bertz CT molecular complexity index is 569. The van der Waals surface area contributed by atoms with Gasteiger partial charge in [0.15, 0.2) is 0 Å². The summed E-state index contributed by atoms with van der Waals surface area (Å²) in [5, 5.41) is 21.6. The van der Waals surface area contributed by atoms with Crippen LogP contribution in [0.5, 0.6) is 0 Å². The van der Waals surface area contributed by atoms with Gasteiger partial charge in [0, 0.05) is 5.56 Å². The lowest BCUT2D eigenvalue weighted by atomic mass is 10.0. The first-order valence-electron chi connectivity index (χ1n) is 6.44. The molecule has 5 nitrogen and oxygen atoms in total. The Morgan fingerprint density at radius 3 is 2.60 bits per heavy atom. The third-order valence-electron chi connectivity index (χ3n) is 2.75. The smallest absolute Gasteiger partial charge is 0.326 e. The predicted molar refractivity (Wildman–Crippen MR) is 79.8 cm³/mol. The lowest BCUT2D eigenvalue weighted by Crippen LogP contribution is -2.30. The molecule has 0 aliphatic carbocycles. The van der Waals surface area contributed by atoms with Crippen molar-refractivity contribution in [2.24, 2.45) is 5.92 Å². The van der Waals surface area contributed by atoms with Crippen LogP contribution in [0.4, 0.5) is 5.13 Å². The summed E-state index contributed by atoms with van der Waals surface area (Å²) in [5.74, 6) is -0.569. The van der Waals surface area contributed by atoms with Crippen LogP contribution in [-0.4, -0.2) is 27.3 Å². The summed E-state index contributed by atoms with van der Waals surface area (Å²) in [6.07, 6.45) is 0.551. The number of hydrogen-bond donors (Lipinski definition) is 2. The van der Waals surface area contributed by atoms with Crippen molar-refractivity contribution in [3.63, 3.8) is 0 Å². The number of carbonyl (C=O) groups is 1. The molecule has 20 heavy (non-hydrogen) atoms. The molecule has 0 fully saturated rings. The molecule has 2 N–H and O–H groups in total. The Kier molecular flexibility index (Phi) is 4.68. The predicted octanol–water partition coefficient (Wildman–Crippen LogP) is 3.12. The molecule has 106 valence electrons. The van der Waals surface area contributed by atoms with Gasteiger partial charge in [0.05, 0.1) is 0 Å². The average Bonchev–Trinajstić information content (AvgIpc) is 2.87. The molecular formula is C14H17N3O2S. The molecule has 1 aromatic heterocycles. The van der Waals surface area contributed by atoms with Gasteiger partial charge in [0.1, 0.15) is 11.0 Å². The average molecular weight is 291 g/mol. The Morgan fingerprint density at radius 2 is 2.00 bits per heavy atom. The quantitative estimate of drug-likeness (QED) is 0.855. The minimum atomic E-state index is -0.866. The molecule has 0 unspecified atom stereocenters. The third kappa shape index (κ3) is 3.77. The fraction of sp³-hybridized carbons (Fsp3) is 0.357. The molecule has 1 heterocycles. The van der Waals surface area contributed by atoms with Gasteiger partial charge >= 0.3 is 5.97 Å². The molecule has 0 bridgehead atoms. The van der Waals surface area contributed by atoms with E-state index in [-0.39, 0.29) is 0 Å².